The predicted molar refractivity (Wildman–Crippen MR) is 89.4 cm³/mol. The molecule has 0 fully saturated rings. The summed E-state index contributed by atoms with van der Waals surface area (Å²) in [7, 11) is 0. The molecule has 0 N–H and O–H groups in total. The first-order valence-electron chi connectivity index (χ1n) is 8.10. The number of hydrogen-bond acceptors (Lipinski definition) is 4. The zero-order chi connectivity index (χ0) is 17.2. The van der Waals surface area contributed by atoms with Gasteiger partial charge in [0, 0.05) is 17.8 Å². The SMILES string of the molecule is Cc1cccc(CCCOC(=O)CCCOc2ccccc2F)n1. The van der Waals surface area contributed by atoms with E-state index in [2.05, 4.69) is 4.98 Å². The Morgan fingerprint density at radius 1 is 1.08 bits per heavy atom. The smallest absolute Gasteiger partial charge is 0.305 e. The van der Waals surface area contributed by atoms with Gasteiger partial charge in [0.2, 0.25) is 0 Å². The number of pyridine rings is 1. The number of aromatic nitrogens is 1. The highest BCUT2D eigenvalue weighted by atomic mass is 19.1. The average Bonchev–Trinajstić information content (AvgIpc) is 2.57. The van der Waals surface area contributed by atoms with Crippen molar-refractivity contribution in [3.05, 3.63) is 59.7 Å². The number of aryl methyl sites for hydroxylation is 2. The molecule has 0 aliphatic carbocycles. The maximum atomic E-state index is 13.3. The third-order valence-corrected chi connectivity index (χ3v) is 3.41. The molecule has 0 atom stereocenters. The Hall–Kier alpha value is -2.43. The van der Waals surface area contributed by atoms with Crippen LogP contribution in [0.4, 0.5) is 4.39 Å². The summed E-state index contributed by atoms with van der Waals surface area (Å²) >= 11 is 0. The van der Waals surface area contributed by atoms with E-state index in [0.29, 0.717) is 13.0 Å². The van der Waals surface area contributed by atoms with E-state index in [1.54, 1.807) is 18.2 Å². The first-order chi connectivity index (χ1) is 11.6. The maximum absolute atomic E-state index is 13.3. The van der Waals surface area contributed by atoms with Gasteiger partial charge in [0.15, 0.2) is 11.6 Å². The molecule has 4 nitrogen and oxygen atoms in total. The number of ether oxygens (including phenoxy) is 2. The third kappa shape index (κ3) is 6.36. The number of carbonyl (C=O) groups is 1. The summed E-state index contributed by atoms with van der Waals surface area (Å²) in [5.41, 5.74) is 1.99. The second-order valence-electron chi connectivity index (χ2n) is 5.48. The largest absolute Gasteiger partial charge is 0.491 e. The molecular formula is C19H22FNO3. The van der Waals surface area contributed by atoms with E-state index in [1.165, 1.54) is 6.07 Å². The highest BCUT2D eigenvalue weighted by molar-refractivity contribution is 5.69. The van der Waals surface area contributed by atoms with Crippen molar-refractivity contribution in [3.8, 4) is 5.75 Å². The molecule has 0 saturated carbocycles. The lowest BCUT2D eigenvalue weighted by atomic mass is 10.2. The van der Waals surface area contributed by atoms with Crippen LogP contribution in [0.15, 0.2) is 42.5 Å². The molecule has 0 amide bonds. The molecule has 1 aromatic heterocycles. The highest BCUT2D eigenvalue weighted by Crippen LogP contribution is 2.15. The average molecular weight is 331 g/mol. The fourth-order valence-corrected chi connectivity index (χ4v) is 2.21. The van der Waals surface area contributed by atoms with Crippen molar-refractivity contribution in [2.24, 2.45) is 0 Å². The van der Waals surface area contributed by atoms with E-state index in [0.717, 1.165) is 24.2 Å². The van der Waals surface area contributed by atoms with Crippen molar-refractivity contribution >= 4 is 5.97 Å². The Morgan fingerprint density at radius 2 is 1.92 bits per heavy atom. The minimum Gasteiger partial charge on any atom is -0.491 e. The Bertz CT molecular complexity index is 661. The molecule has 0 bridgehead atoms. The van der Waals surface area contributed by atoms with Crippen molar-refractivity contribution in [3.63, 3.8) is 0 Å². The molecule has 0 spiro atoms. The number of benzene rings is 1. The van der Waals surface area contributed by atoms with E-state index in [-0.39, 0.29) is 24.7 Å². The van der Waals surface area contributed by atoms with E-state index >= 15 is 0 Å². The minimum absolute atomic E-state index is 0.205. The monoisotopic (exact) mass is 331 g/mol. The van der Waals surface area contributed by atoms with Crippen molar-refractivity contribution in [2.45, 2.75) is 32.6 Å². The molecule has 0 radical (unpaired) electrons. The molecule has 24 heavy (non-hydrogen) atoms. The molecular weight excluding hydrogens is 309 g/mol. The molecule has 0 unspecified atom stereocenters. The first kappa shape index (κ1) is 17.9. The summed E-state index contributed by atoms with van der Waals surface area (Å²) < 4.78 is 23.8. The van der Waals surface area contributed by atoms with Crippen LogP contribution in [0.1, 0.15) is 30.7 Å². The summed E-state index contributed by atoms with van der Waals surface area (Å²) in [5, 5.41) is 0. The Kier molecular flexibility index (Phi) is 7.21. The van der Waals surface area contributed by atoms with Gasteiger partial charge >= 0.3 is 5.97 Å². The van der Waals surface area contributed by atoms with Gasteiger partial charge in [0.1, 0.15) is 0 Å². The van der Waals surface area contributed by atoms with Crippen molar-refractivity contribution in [1.82, 2.24) is 4.98 Å². The molecule has 0 aliphatic heterocycles. The van der Waals surface area contributed by atoms with Crippen molar-refractivity contribution < 1.29 is 18.7 Å². The molecule has 1 heterocycles. The number of hydrogen-bond donors (Lipinski definition) is 0. The highest BCUT2D eigenvalue weighted by Gasteiger charge is 2.05. The fraction of sp³-hybridized carbons (Fsp3) is 0.368. The lowest BCUT2D eigenvalue weighted by Crippen LogP contribution is -2.09. The van der Waals surface area contributed by atoms with Gasteiger partial charge < -0.3 is 9.47 Å². The van der Waals surface area contributed by atoms with E-state index in [1.807, 2.05) is 25.1 Å². The van der Waals surface area contributed by atoms with Gasteiger partial charge in [-0.1, -0.05) is 18.2 Å². The molecule has 5 heteroatoms. The number of nitrogens with zero attached hydrogens (tertiary/aromatic N) is 1. The lowest BCUT2D eigenvalue weighted by Gasteiger charge is -2.07. The van der Waals surface area contributed by atoms with Crippen LogP contribution < -0.4 is 4.74 Å². The van der Waals surface area contributed by atoms with Gasteiger partial charge in [0.05, 0.1) is 13.2 Å². The van der Waals surface area contributed by atoms with Crippen molar-refractivity contribution in [2.75, 3.05) is 13.2 Å². The van der Waals surface area contributed by atoms with Gasteiger partial charge in [-0.2, -0.15) is 0 Å². The lowest BCUT2D eigenvalue weighted by molar-refractivity contribution is -0.144. The summed E-state index contributed by atoms with van der Waals surface area (Å²) in [4.78, 5) is 16.0. The molecule has 1 aromatic carbocycles. The van der Waals surface area contributed by atoms with Crippen LogP contribution in [0, 0.1) is 12.7 Å². The first-order valence-corrected chi connectivity index (χ1v) is 8.10. The Morgan fingerprint density at radius 3 is 2.71 bits per heavy atom. The number of halogens is 1. The van der Waals surface area contributed by atoms with Gasteiger partial charge in [-0.3, -0.25) is 9.78 Å². The third-order valence-electron chi connectivity index (χ3n) is 3.41. The molecule has 0 saturated heterocycles. The number of para-hydroxylation sites is 1. The fourth-order valence-electron chi connectivity index (χ4n) is 2.21. The second kappa shape index (κ2) is 9.65. The minimum atomic E-state index is -0.398. The van der Waals surface area contributed by atoms with Crippen LogP contribution in [-0.2, 0) is 16.0 Å². The molecule has 2 rings (SSSR count). The molecule has 128 valence electrons. The topological polar surface area (TPSA) is 48.4 Å². The number of carbonyl (C=O) groups excluding carboxylic acids is 1. The van der Waals surface area contributed by atoms with Gasteiger partial charge in [-0.15, -0.1) is 0 Å². The van der Waals surface area contributed by atoms with E-state index in [4.69, 9.17) is 9.47 Å². The summed E-state index contributed by atoms with van der Waals surface area (Å²) in [6.07, 6.45) is 2.28. The van der Waals surface area contributed by atoms with Gasteiger partial charge in [-0.25, -0.2) is 4.39 Å². The Balaban J connectivity index is 1.54. The second-order valence-corrected chi connectivity index (χ2v) is 5.48. The number of rotatable bonds is 9. The normalized spacial score (nSPS) is 10.4. The van der Waals surface area contributed by atoms with Crippen LogP contribution in [0.5, 0.6) is 5.75 Å². The van der Waals surface area contributed by atoms with Gasteiger partial charge in [-0.05, 0) is 50.5 Å². The molecule has 2 aromatic rings. The summed E-state index contributed by atoms with van der Waals surface area (Å²) in [6, 6.07) is 12.1. The Labute approximate surface area is 141 Å². The van der Waals surface area contributed by atoms with Crippen LogP contribution in [-0.4, -0.2) is 24.2 Å². The van der Waals surface area contributed by atoms with Crippen LogP contribution in [0.2, 0.25) is 0 Å². The quantitative estimate of drug-likeness (QED) is 0.517. The standard InChI is InChI=1S/C19H22FNO3/c1-15-7-4-8-16(21-15)9-5-14-24-19(22)12-6-13-23-18-11-3-2-10-17(18)20/h2-4,7-8,10-11H,5-6,9,12-14H2,1H3. The van der Waals surface area contributed by atoms with Crippen LogP contribution in [0.3, 0.4) is 0 Å². The van der Waals surface area contributed by atoms with Crippen LogP contribution in [0.25, 0.3) is 0 Å². The zero-order valence-corrected chi connectivity index (χ0v) is 13.8. The van der Waals surface area contributed by atoms with Crippen LogP contribution >= 0.6 is 0 Å². The van der Waals surface area contributed by atoms with E-state index in [9.17, 15) is 9.18 Å². The van der Waals surface area contributed by atoms with E-state index < -0.39 is 5.82 Å². The van der Waals surface area contributed by atoms with Gasteiger partial charge in [0.25, 0.3) is 0 Å². The van der Waals surface area contributed by atoms with Crippen molar-refractivity contribution in [1.29, 1.82) is 0 Å². The molecule has 0 aliphatic rings. The maximum Gasteiger partial charge on any atom is 0.305 e. The zero-order valence-electron chi connectivity index (χ0n) is 13.8. The summed E-state index contributed by atoms with van der Waals surface area (Å²) in [5.74, 6) is -0.453. The summed E-state index contributed by atoms with van der Waals surface area (Å²) in [6.45, 7) is 2.61. The predicted octanol–water partition coefficient (Wildman–Crippen LogP) is 3.86. The number of esters is 1.